The maximum atomic E-state index is 13.3. The molecule has 8 nitrogen and oxygen atoms in total. The molecule has 1 aliphatic heterocycles. The van der Waals surface area contributed by atoms with Crippen molar-refractivity contribution >= 4 is 11.4 Å². The SMILES string of the molecule is O=C(c1cccc(Oc2ncccn2)c1)N1CCOCC(Cc2nccn3cccc23)C1. The fourth-order valence-electron chi connectivity index (χ4n) is 3.97. The second kappa shape index (κ2) is 9.15. The number of aromatic nitrogens is 4. The van der Waals surface area contributed by atoms with E-state index in [0.717, 1.165) is 17.6 Å². The van der Waals surface area contributed by atoms with E-state index >= 15 is 0 Å². The lowest BCUT2D eigenvalue weighted by atomic mass is 10.0. The Morgan fingerprint density at radius 1 is 1.06 bits per heavy atom. The molecule has 5 rings (SSSR count). The van der Waals surface area contributed by atoms with E-state index in [0.29, 0.717) is 37.6 Å². The minimum absolute atomic E-state index is 0.0474. The molecule has 1 saturated heterocycles. The van der Waals surface area contributed by atoms with E-state index in [-0.39, 0.29) is 17.8 Å². The first-order valence-electron chi connectivity index (χ1n) is 10.6. The van der Waals surface area contributed by atoms with Crippen LogP contribution in [0.5, 0.6) is 11.8 Å². The molecular formula is C24H23N5O3. The van der Waals surface area contributed by atoms with Crippen molar-refractivity contribution in [3.8, 4) is 11.8 Å². The first-order chi connectivity index (χ1) is 15.8. The minimum Gasteiger partial charge on any atom is -0.424 e. The van der Waals surface area contributed by atoms with E-state index in [1.165, 1.54) is 0 Å². The molecule has 162 valence electrons. The molecule has 8 heteroatoms. The van der Waals surface area contributed by atoms with Crippen molar-refractivity contribution < 1.29 is 14.3 Å². The molecule has 0 N–H and O–H groups in total. The first kappa shape index (κ1) is 20.1. The second-order valence-electron chi connectivity index (χ2n) is 7.73. The maximum Gasteiger partial charge on any atom is 0.321 e. The Morgan fingerprint density at radius 3 is 2.88 bits per heavy atom. The highest BCUT2D eigenvalue weighted by atomic mass is 16.5. The van der Waals surface area contributed by atoms with E-state index in [9.17, 15) is 4.79 Å². The van der Waals surface area contributed by atoms with Gasteiger partial charge in [0.15, 0.2) is 0 Å². The molecule has 1 aliphatic rings. The molecule has 1 aromatic carbocycles. The van der Waals surface area contributed by atoms with Gasteiger partial charge in [-0.3, -0.25) is 9.78 Å². The monoisotopic (exact) mass is 429 g/mol. The molecular weight excluding hydrogens is 406 g/mol. The van der Waals surface area contributed by atoms with Gasteiger partial charge in [0.2, 0.25) is 0 Å². The molecule has 1 amide bonds. The van der Waals surface area contributed by atoms with Gasteiger partial charge in [0.1, 0.15) is 5.75 Å². The van der Waals surface area contributed by atoms with E-state index < -0.39 is 0 Å². The Morgan fingerprint density at radius 2 is 1.97 bits per heavy atom. The lowest BCUT2D eigenvalue weighted by Gasteiger charge is -2.24. The van der Waals surface area contributed by atoms with Crippen LogP contribution in [0.25, 0.3) is 5.52 Å². The highest BCUT2D eigenvalue weighted by Gasteiger charge is 2.25. The molecule has 0 radical (unpaired) electrons. The minimum atomic E-state index is -0.0474. The standard InChI is InChI=1S/C24H23N5O3/c30-23(19-4-1-5-20(15-19)32-24-26-7-3-8-27-24)29-12-13-31-17-18(16-29)14-21-22-6-2-10-28(22)11-9-25-21/h1-11,15,18H,12-14,16-17H2. The number of rotatable bonds is 5. The smallest absolute Gasteiger partial charge is 0.321 e. The lowest BCUT2D eigenvalue weighted by molar-refractivity contribution is 0.0737. The van der Waals surface area contributed by atoms with E-state index in [4.69, 9.17) is 9.47 Å². The number of hydrogen-bond acceptors (Lipinski definition) is 6. The third kappa shape index (κ3) is 4.45. The summed E-state index contributed by atoms with van der Waals surface area (Å²) < 4.78 is 13.6. The zero-order valence-electron chi connectivity index (χ0n) is 17.5. The fourth-order valence-corrected chi connectivity index (χ4v) is 3.97. The van der Waals surface area contributed by atoms with Crippen LogP contribution in [0, 0.1) is 5.92 Å². The predicted molar refractivity (Wildman–Crippen MR) is 118 cm³/mol. The third-order valence-electron chi connectivity index (χ3n) is 5.47. The summed E-state index contributed by atoms with van der Waals surface area (Å²) in [5, 5.41) is 0. The number of hydrogen-bond donors (Lipinski definition) is 0. The van der Waals surface area contributed by atoms with Gasteiger partial charge in [-0.25, -0.2) is 9.97 Å². The summed E-state index contributed by atoms with van der Waals surface area (Å²) in [5.74, 6) is 0.634. The quantitative estimate of drug-likeness (QED) is 0.484. The molecule has 0 saturated carbocycles. The average Bonchev–Trinajstić information content (AvgIpc) is 3.19. The van der Waals surface area contributed by atoms with Crippen LogP contribution in [0.4, 0.5) is 0 Å². The first-order valence-corrected chi connectivity index (χ1v) is 10.6. The van der Waals surface area contributed by atoms with Gasteiger partial charge in [0, 0.05) is 55.6 Å². The van der Waals surface area contributed by atoms with Crippen molar-refractivity contribution in [2.24, 2.45) is 5.92 Å². The van der Waals surface area contributed by atoms with Gasteiger partial charge < -0.3 is 18.8 Å². The zero-order valence-corrected chi connectivity index (χ0v) is 17.5. The number of benzene rings is 1. The number of ether oxygens (including phenoxy) is 2. The number of fused-ring (bicyclic) bond motifs is 1. The van der Waals surface area contributed by atoms with Gasteiger partial charge in [-0.15, -0.1) is 0 Å². The van der Waals surface area contributed by atoms with Crippen LogP contribution in [0.15, 0.2) is 73.4 Å². The Hall–Kier alpha value is -3.78. The van der Waals surface area contributed by atoms with E-state index in [1.54, 1.807) is 42.7 Å². The Labute approximate surface area is 185 Å². The average molecular weight is 429 g/mol. The van der Waals surface area contributed by atoms with Crippen LogP contribution in [0.3, 0.4) is 0 Å². The molecule has 1 fully saturated rings. The van der Waals surface area contributed by atoms with Crippen LogP contribution in [-0.4, -0.2) is 56.5 Å². The molecule has 0 aliphatic carbocycles. The summed E-state index contributed by atoms with van der Waals surface area (Å²) in [5.41, 5.74) is 2.66. The molecule has 0 spiro atoms. The van der Waals surface area contributed by atoms with Crippen molar-refractivity contribution in [2.45, 2.75) is 6.42 Å². The number of amides is 1. The molecule has 0 bridgehead atoms. The van der Waals surface area contributed by atoms with Gasteiger partial charge in [-0.05, 0) is 42.8 Å². The van der Waals surface area contributed by atoms with E-state index in [2.05, 4.69) is 25.4 Å². The summed E-state index contributed by atoms with van der Waals surface area (Å²) in [6.45, 7) is 2.26. The summed E-state index contributed by atoms with van der Waals surface area (Å²) in [6.07, 6.45) is 9.72. The van der Waals surface area contributed by atoms with Crippen LogP contribution >= 0.6 is 0 Å². The Bertz CT molecular complexity index is 1210. The largest absolute Gasteiger partial charge is 0.424 e. The van der Waals surface area contributed by atoms with Crippen molar-refractivity contribution in [3.63, 3.8) is 0 Å². The van der Waals surface area contributed by atoms with Crippen molar-refractivity contribution in [1.82, 2.24) is 24.3 Å². The van der Waals surface area contributed by atoms with Crippen LogP contribution in [0.2, 0.25) is 0 Å². The Balaban J connectivity index is 1.31. The molecule has 1 unspecified atom stereocenters. The van der Waals surface area contributed by atoms with Crippen molar-refractivity contribution in [3.05, 3.63) is 84.7 Å². The van der Waals surface area contributed by atoms with Crippen LogP contribution in [0.1, 0.15) is 16.1 Å². The van der Waals surface area contributed by atoms with Crippen LogP contribution in [-0.2, 0) is 11.2 Å². The molecule has 1 atom stereocenters. The van der Waals surface area contributed by atoms with Gasteiger partial charge in [0.05, 0.1) is 24.4 Å². The van der Waals surface area contributed by atoms with E-state index in [1.807, 2.05) is 29.6 Å². The van der Waals surface area contributed by atoms with Crippen molar-refractivity contribution in [1.29, 1.82) is 0 Å². The summed E-state index contributed by atoms with van der Waals surface area (Å²) >= 11 is 0. The molecule has 32 heavy (non-hydrogen) atoms. The highest BCUT2D eigenvalue weighted by Crippen LogP contribution is 2.22. The summed E-state index contributed by atoms with van der Waals surface area (Å²) in [6, 6.07) is 13.1. The third-order valence-corrected chi connectivity index (χ3v) is 5.47. The van der Waals surface area contributed by atoms with Gasteiger partial charge >= 0.3 is 6.01 Å². The highest BCUT2D eigenvalue weighted by molar-refractivity contribution is 5.94. The summed E-state index contributed by atoms with van der Waals surface area (Å²) in [4.78, 5) is 27.9. The number of carbonyl (C=O) groups is 1. The Kier molecular flexibility index (Phi) is 5.76. The van der Waals surface area contributed by atoms with Gasteiger partial charge in [0.25, 0.3) is 5.91 Å². The van der Waals surface area contributed by atoms with Crippen LogP contribution < -0.4 is 4.74 Å². The zero-order chi connectivity index (χ0) is 21.8. The lowest BCUT2D eigenvalue weighted by Crippen LogP contribution is -2.36. The molecule has 3 aromatic heterocycles. The second-order valence-corrected chi connectivity index (χ2v) is 7.73. The maximum absolute atomic E-state index is 13.3. The van der Waals surface area contributed by atoms with Gasteiger partial charge in [-0.1, -0.05) is 6.07 Å². The normalized spacial score (nSPS) is 16.6. The predicted octanol–water partition coefficient (Wildman–Crippen LogP) is 3.25. The molecule has 4 heterocycles. The fraction of sp³-hybridized carbons (Fsp3) is 0.250. The van der Waals surface area contributed by atoms with Crippen molar-refractivity contribution in [2.75, 3.05) is 26.3 Å². The van der Waals surface area contributed by atoms with Gasteiger partial charge in [-0.2, -0.15) is 0 Å². The summed E-state index contributed by atoms with van der Waals surface area (Å²) in [7, 11) is 0. The molecule has 4 aromatic rings. The topological polar surface area (TPSA) is 81.8 Å². The number of nitrogens with zero attached hydrogens (tertiary/aromatic N) is 5. The number of carbonyl (C=O) groups excluding carboxylic acids is 1.